The van der Waals surface area contributed by atoms with Gasteiger partial charge in [-0.05, 0) is 43.5 Å². The van der Waals surface area contributed by atoms with E-state index in [0.717, 1.165) is 29.2 Å². The van der Waals surface area contributed by atoms with E-state index in [1.807, 2.05) is 42.5 Å². The van der Waals surface area contributed by atoms with Crippen LogP contribution in [0.25, 0.3) is 0 Å². The number of rotatable bonds is 5. The van der Waals surface area contributed by atoms with Gasteiger partial charge in [-0.25, -0.2) is 0 Å². The molecule has 0 saturated carbocycles. The summed E-state index contributed by atoms with van der Waals surface area (Å²) in [5.74, 6) is 1.37. The molecule has 3 nitrogen and oxygen atoms in total. The van der Waals surface area contributed by atoms with E-state index in [1.54, 1.807) is 7.11 Å². The van der Waals surface area contributed by atoms with Gasteiger partial charge >= 0.3 is 0 Å². The maximum absolute atomic E-state index is 6.18. The van der Waals surface area contributed by atoms with E-state index in [9.17, 15) is 0 Å². The third-order valence-corrected chi connectivity index (χ3v) is 5.26. The quantitative estimate of drug-likeness (QED) is 0.678. The standard InChI is InChI=1S/C20H22ClNO2S/c1-23-19-13-15(20(25)22-11-5-2-6-12-22)9-10-18(19)24-14-16-7-3-4-8-17(16)21/h3-4,7-10,13H,2,5-6,11-12,14H2,1H3. The predicted octanol–water partition coefficient (Wildman–Crippen LogP) is 5.09. The summed E-state index contributed by atoms with van der Waals surface area (Å²) in [6.07, 6.45) is 3.70. The molecule has 0 radical (unpaired) electrons. The summed E-state index contributed by atoms with van der Waals surface area (Å²) in [5.41, 5.74) is 1.94. The van der Waals surface area contributed by atoms with Gasteiger partial charge in [0.1, 0.15) is 11.6 Å². The number of methoxy groups -OCH3 is 1. The van der Waals surface area contributed by atoms with Gasteiger partial charge in [0.2, 0.25) is 0 Å². The van der Waals surface area contributed by atoms with Gasteiger partial charge in [-0.1, -0.05) is 42.0 Å². The molecule has 2 aromatic rings. The molecule has 0 N–H and O–H groups in total. The van der Waals surface area contributed by atoms with Crippen molar-refractivity contribution in [3.8, 4) is 11.5 Å². The average molecular weight is 376 g/mol. The molecule has 1 saturated heterocycles. The minimum absolute atomic E-state index is 0.395. The van der Waals surface area contributed by atoms with Crippen LogP contribution < -0.4 is 9.47 Å². The van der Waals surface area contributed by atoms with Crippen molar-refractivity contribution in [1.29, 1.82) is 0 Å². The molecule has 1 heterocycles. The topological polar surface area (TPSA) is 21.7 Å². The number of hydrogen-bond donors (Lipinski definition) is 0. The zero-order valence-corrected chi connectivity index (χ0v) is 15.9. The monoisotopic (exact) mass is 375 g/mol. The van der Waals surface area contributed by atoms with Crippen molar-refractivity contribution in [1.82, 2.24) is 4.90 Å². The van der Waals surface area contributed by atoms with Crippen LogP contribution in [0.4, 0.5) is 0 Å². The summed E-state index contributed by atoms with van der Waals surface area (Å²) < 4.78 is 11.4. The fraction of sp³-hybridized carbons (Fsp3) is 0.350. The molecule has 2 aromatic carbocycles. The highest BCUT2D eigenvalue weighted by molar-refractivity contribution is 7.80. The number of halogens is 1. The molecule has 0 aromatic heterocycles. The molecular formula is C20H22ClNO2S. The van der Waals surface area contributed by atoms with Crippen LogP contribution in [0.2, 0.25) is 5.02 Å². The highest BCUT2D eigenvalue weighted by Crippen LogP contribution is 2.30. The number of ether oxygens (including phenoxy) is 2. The van der Waals surface area contributed by atoms with E-state index >= 15 is 0 Å². The van der Waals surface area contributed by atoms with Crippen LogP contribution >= 0.6 is 23.8 Å². The Morgan fingerprint density at radius 3 is 2.56 bits per heavy atom. The van der Waals surface area contributed by atoms with Gasteiger partial charge in [-0.3, -0.25) is 0 Å². The summed E-state index contributed by atoms with van der Waals surface area (Å²) in [6, 6.07) is 13.5. The van der Waals surface area contributed by atoms with E-state index in [0.29, 0.717) is 23.1 Å². The lowest BCUT2D eigenvalue weighted by atomic mass is 10.1. The van der Waals surface area contributed by atoms with E-state index in [1.165, 1.54) is 19.3 Å². The van der Waals surface area contributed by atoms with Crippen LogP contribution in [0.5, 0.6) is 11.5 Å². The highest BCUT2D eigenvalue weighted by Gasteiger charge is 2.16. The third-order valence-electron chi connectivity index (χ3n) is 4.39. The Labute approximate surface area is 159 Å². The number of piperidine rings is 1. The molecule has 0 spiro atoms. The number of nitrogens with zero attached hydrogens (tertiary/aromatic N) is 1. The fourth-order valence-corrected chi connectivity index (χ4v) is 3.47. The Hall–Kier alpha value is -1.78. The minimum atomic E-state index is 0.395. The molecule has 5 heteroatoms. The maximum atomic E-state index is 6.18. The molecule has 0 bridgehead atoms. The van der Waals surface area contributed by atoms with Crippen molar-refractivity contribution in [2.75, 3.05) is 20.2 Å². The second-order valence-electron chi connectivity index (χ2n) is 6.10. The van der Waals surface area contributed by atoms with Gasteiger partial charge in [0.05, 0.1) is 7.11 Å². The average Bonchev–Trinajstić information content (AvgIpc) is 2.67. The van der Waals surface area contributed by atoms with Crippen LogP contribution in [0.3, 0.4) is 0 Å². The largest absolute Gasteiger partial charge is 0.493 e. The maximum Gasteiger partial charge on any atom is 0.161 e. The summed E-state index contributed by atoms with van der Waals surface area (Å²) >= 11 is 11.8. The van der Waals surface area contributed by atoms with E-state index in [4.69, 9.17) is 33.3 Å². The second-order valence-corrected chi connectivity index (χ2v) is 6.89. The van der Waals surface area contributed by atoms with Gasteiger partial charge in [0.25, 0.3) is 0 Å². The second kappa shape index (κ2) is 8.54. The molecule has 25 heavy (non-hydrogen) atoms. The number of benzene rings is 2. The summed E-state index contributed by atoms with van der Waals surface area (Å²) in [6.45, 7) is 2.46. The summed E-state index contributed by atoms with van der Waals surface area (Å²) in [7, 11) is 1.64. The minimum Gasteiger partial charge on any atom is -0.493 e. The molecule has 1 aliphatic rings. The molecule has 0 amide bonds. The van der Waals surface area contributed by atoms with Crippen molar-refractivity contribution < 1.29 is 9.47 Å². The normalized spacial score (nSPS) is 14.2. The van der Waals surface area contributed by atoms with Crippen molar-refractivity contribution in [2.24, 2.45) is 0 Å². The number of thiocarbonyl (C=S) groups is 1. The van der Waals surface area contributed by atoms with Crippen LogP contribution in [-0.2, 0) is 6.61 Å². The van der Waals surface area contributed by atoms with Crippen LogP contribution in [0.1, 0.15) is 30.4 Å². The summed E-state index contributed by atoms with van der Waals surface area (Å²) in [4.78, 5) is 3.16. The van der Waals surface area contributed by atoms with Crippen LogP contribution in [-0.4, -0.2) is 30.1 Å². The highest BCUT2D eigenvalue weighted by atomic mass is 35.5. The zero-order valence-electron chi connectivity index (χ0n) is 14.3. The van der Waals surface area contributed by atoms with Gasteiger partial charge in [0, 0.05) is 29.2 Å². The molecule has 1 fully saturated rings. The van der Waals surface area contributed by atoms with Crippen molar-refractivity contribution >= 4 is 28.8 Å². The first-order chi connectivity index (χ1) is 12.2. The Morgan fingerprint density at radius 2 is 1.84 bits per heavy atom. The summed E-state index contributed by atoms with van der Waals surface area (Å²) in [5, 5.41) is 0.698. The van der Waals surface area contributed by atoms with Crippen LogP contribution in [0.15, 0.2) is 42.5 Å². The predicted molar refractivity (Wildman–Crippen MR) is 106 cm³/mol. The Morgan fingerprint density at radius 1 is 1.08 bits per heavy atom. The Bertz CT molecular complexity index is 744. The zero-order chi connectivity index (χ0) is 17.6. The lowest BCUT2D eigenvalue weighted by molar-refractivity contribution is 0.284. The van der Waals surface area contributed by atoms with Gasteiger partial charge < -0.3 is 14.4 Å². The van der Waals surface area contributed by atoms with E-state index in [-0.39, 0.29) is 0 Å². The molecule has 0 unspecified atom stereocenters. The molecular weight excluding hydrogens is 354 g/mol. The Balaban J connectivity index is 1.73. The number of hydrogen-bond acceptors (Lipinski definition) is 3. The van der Waals surface area contributed by atoms with Crippen molar-refractivity contribution in [3.05, 3.63) is 58.6 Å². The molecule has 0 aliphatic carbocycles. The third kappa shape index (κ3) is 4.44. The SMILES string of the molecule is COc1cc(C(=S)N2CCCCC2)ccc1OCc1ccccc1Cl. The van der Waals surface area contributed by atoms with Crippen molar-refractivity contribution in [3.63, 3.8) is 0 Å². The van der Waals surface area contributed by atoms with Crippen molar-refractivity contribution in [2.45, 2.75) is 25.9 Å². The smallest absolute Gasteiger partial charge is 0.161 e. The molecule has 132 valence electrons. The lowest BCUT2D eigenvalue weighted by Gasteiger charge is -2.29. The molecule has 1 aliphatic heterocycles. The fourth-order valence-electron chi connectivity index (χ4n) is 2.97. The first kappa shape index (κ1) is 18.0. The molecule has 0 atom stereocenters. The first-order valence-electron chi connectivity index (χ1n) is 8.52. The molecule has 3 rings (SSSR count). The van der Waals surface area contributed by atoms with Gasteiger partial charge in [-0.2, -0.15) is 0 Å². The lowest BCUT2D eigenvalue weighted by Crippen LogP contribution is -2.34. The number of likely N-dealkylation sites (tertiary alicyclic amines) is 1. The van der Waals surface area contributed by atoms with Gasteiger partial charge in [0.15, 0.2) is 11.5 Å². The van der Waals surface area contributed by atoms with Gasteiger partial charge in [-0.15, -0.1) is 0 Å². The van der Waals surface area contributed by atoms with E-state index < -0.39 is 0 Å². The van der Waals surface area contributed by atoms with Crippen LogP contribution in [0, 0.1) is 0 Å². The Kier molecular flexibility index (Phi) is 6.16. The van der Waals surface area contributed by atoms with E-state index in [2.05, 4.69) is 4.90 Å². The first-order valence-corrected chi connectivity index (χ1v) is 9.31.